The van der Waals surface area contributed by atoms with Crippen LogP contribution in [0.5, 0.6) is 17.2 Å². The van der Waals surface area contributed by atoms with Crippen molar-refractivity contribution in [3.8, 4) is 17.2 Å². The van der Waals surface area contributed by atoms with Crippen molar-refractivity contribution in [2.75, 3.05) is 20.3 Å². The highest BCUT2D eigenvalue weighted by Gasteiger charge is 2.49. The van der Waals surface area contributed by atoms with Gasteiger partial charge in [0.15, 0.2) is 17.9 Å². The number of ketones is 3. The summed E-state index contributed by atoms with van der Waals surface area (Å²) in [5, 5.41) is 49.0. The first-order valence-corrected chi connectivity index (χ1v) is 14.9. The van der Waals surface area contributed by atoms with Crippen molar-refractivity contribution in [1.82, 2.24) is 5.32 Å². The molecule has 2 aliphatic heterocycles. The van der Waals surface area contributed by atoms with E-state index in [1.54, 1.807) is 6.92 Å². The minimum atomic E-state index is -2.00. The Morgan fingerprint density at radius 2 is 1.77 bits per heavy atom. The molecule has 0 spiro atoms. The summed E-state index contributed by atoms with van der Waals surface area (Å²) in [7, 11) is 1.35. The number of hydrogen-bond acceptors (Lipinski definition) is 12. The summed E-state index contributed by atoms with van der Waals surface area (Å²) in [6.07, 6.45) is -2.61. The van der Waals surface area contributed by atoms with Gasteiger partial charge in [0.2, 0.25) is 5.78 Å². The Hall–Kier alpha value is -3.39. The number of benzene rings is 2. The molecule has 0 amide bonds. The van der Waals surface area contributed by atoms with Crippen molar-refractivity contribution >= 4 is 17.3 Å². The lowest BCUT2D eigenvalue weighted by Crippen LogP contribution is -2.57. The topological polar surface area (TPSA) is 181 Å². The van der Waals surface area contributed by atoms with E-state index in [1.807, 2.05) is 0 Å². The normalized spacial score (nSPS) is 30.3. The Labute approximate surface area is 253 Å². The molecule has 12 nitrogen and oxygen atoms in total. The molecule has 236 valence electrons. The van der Waals surface area contributed by atoms with Gasteiger partial charge in [0.25, 0.3) is 0 Å². The predicted molar refractivity (Wildman–Crippen MR) is 153 cm³/mol. The number of methoxy groups -OCH3 is 1. The summed E-state index contributed by atoms with van der Waals surface area (Å²) in [4.78, 5) is 40.2. The molecule has 0 radical (unpaired) electrons. The molecule has 2 heterocycles. The van der Waals surface area contributed by atoms with Gasteiger partial charge in [-0.1, -0.05) is 12.1 Å². The first kappa shape index (κ1) is 30.6. The number of aliphatic hydroxyl groups is 2. The molecular weight excluding hydrogens is 574 g/mol. The van der Waals surface area contributed by atoms with Crippen LogP contribution < -0.4 is 10.1 Å². The number of Topliss-reactive ketones (excluding diaryl/α,β-unsaturated/α-hetero) is 1. The van der Waals surface area contributed by atoms with Gasteiger partial charge in [-0.05, 0) is 32.8 Å². The van der Waals surface area contributed by atoms with E-state index in [0.29, 0.717) is 13.2 Å². The molecule has 6 atom stereocenters. The Balaban J connectivity index is 1.41. The first-order chi connectivity index (χ1) is 20.9. The minimum absolute atomic E-state index is 0.00633. The van der Waals surface area contributed by atoms with E-state index in [1.165, 1.54) is 32.2 Å². The molecule has 4 unspecified atom stereocenters. The van der Waals surface area contributed by atoms with Gasteiger partial charge in [-0.2, -0.15) is 0 Å². The zero-order chi connectivity index (χ0) is 31.5. The SMILES string of the molecule is COc1cccc2c1C(=O)c1c(O)c3c(c(O)c1C2=O)C[C@@](O)(C(C)=O)C[C@@H]3OC1CC(NC2CCOCC2)C(O)C(C)O1. The molecule has 44 heavy (non-hydrogen) atoms. The second kappa shape index (κ2) is 11.5. The molecule has 12 heteroatoms. The van der Waals surface area contributed by atoms with E-state index < -0.39 is 82.6 Å². The number of rotatable bonds is 6. The third-order valence-corrected chi connectivity index (χ3v) is 9.42. The number of nitrogens with one attached hydrogen (secondary N) is 1. The highest BCUT2D eigenvalue weighted by molar-refractivity contribution is 6.31. The van der Waals surface area contributed by atoms with Crippen LogP contribution >= 0.6 is 0 Å². The predicted octanol–water partition coefficient (Wildman–Crippen LogP) is 1.84. The fourth-order valence-corrected chi connectivity index (χ4v) is 6.96. The average molecular weight is 612 g/mol. The summed E-state index contributed by atoms with van der Waals surface area (Å²) in [5.74, 6) is -3.09. The molecule has 2 aromatic carbocycles. The van der Waals surface area contributed by atoms with Crippen molar-refractivity contribution in [3.63, 3.8) is 0 Å². The zero-order valence-corrected chi connectivity index (χ0v) is 24.8. The maximum Gasteiger partial charge on any atom is 0.202 e. The number of phenolic OH excluding ortho intramolecular Hbond substituents is 2. The van der Waals surface area contributed by atoms with Crippen molar-refractivity contribution in [2.45, 2.75) is 88.2 Å². The number of carbonyl (C=O) groups excluding carboxylic acids is 3. The average Bonchev–Trinajstić information content (AvgIpc) is 3.00. The highest BCUT2D eigenvalue weighted by atomic mass is 16.7. The van der Waals surface area contributed by atoms with E-state index in [4.69, 9.17) is 18.9 Å². The number of phenols is 2. The number of carbonyl (C=O) groups is 3. The molecule has 2 fully saturated rings. The van der Waals surface area contributed by atoms with E-state index in [9.17, 15) is 34.8 Å². The van der Waals surface area contributed by atoms with Gasteiger partial charge in [-0.25, -0.2) is 0 Å². The maximum atomic E-state index is 13.8. The van der Waals surface area contributed by atoms with Crippen LogP contribution in [0.4, 0.5) is 0 Å². The van der Waals surface area contributed by atoms with Gasteiger partial charge in [0, 0.05) is 61.3 Å². The fraction of sp³-hybridized carbons (Fsp3) is 0.531. The van der Waals surface area contributed by atoms with Crippen molar-refractivity contribution < 1.29 is 53.8 Å². The number of aliphatic hydroxyl groups excluding tert-OH is 1. The van der Waals surface area contributed by atoms with Crippen LogP contribution in [-0.2, 0) is 25.4 Å². The highest BCUT2D eigenvalue weighted by Crippen LogP contribution is 2.52. The molecule has 2 saturated heterocycles. The fourth-order valence-electron chi connectivity index (χ4n) is 6.96. The maximum absolute atomic E-state index is 13.8. The van der Waals surface area contributed by atoms with Crippen LogP contribution in [0, 0.1) is 0 Å². The standard InChI is InChI=1S/C32H37NO11/c1-14-27(35)19(33-16-7-9-42-10-8-16)11-22(43-14)44-21-13-32(40,15(2)34)12-18-24(21)31(39)26-25(29(18)37)28(36)17-5-4-6-20(41-3)23(17)30(26)38/h4-6,14,16,19,21-22,27,33,35,37,39-40H,7-13H2,1-3H3/t14?,19?,21-,22?,27?,32-/m0/s1. The van der Waals surface area contributed by atoms with Gasteiger partial charge < -0.3 is 44.7 Å². The molecule has 2 aliphatic carbocycles. The van der Waals surface area contributed by atoms with E-state index >= 15 is 0 Å². The molecule has 6 rings (SSSR count). The quantitative estimate of drug-likeness (QED) is 0.256. The van der Waals surface area contributed by atoms with Crippen LogP contribution in [0.2, 0.25) is 0 Å². The molecule has 0 aromatic heterocycles. The van der Waals surface area contributed by atoms with Crippen molar-refractivity contribution in [1.29, 1.82) is 0 Å². The van der Waals surface area contributed by atoms with E-state index in [0.717, 1.165) is 12.8 Å². The van der Waals surface area contributed by atoms with Crippen molar-refractivity contribution in [2.24, 2.45) is 0 Å². The lowest BCUT2D eigenvalue weighted by molar-refractivity contribution is -0.250. The molecular formula is C32H37NO11. The van der Waals surface area contributed by atoms with Crippen LogP contribution in [0.25, 0.3) is 0 Å². The monoisotopic (exact) mass is 611 g/mol. The Morgan fingerprint density at radius 3 is 2.45 bits per heavy atom. The molecule has 5 N–H and O–H groups in total. The van der Waals surface area contributed by atoms with Gasteiger partial charge in [-0.3, -0.25) is 14.4 Å². The summed E-state index contributed by atoms with van der Waals surface area (Å²) < 4.78 is 23.1. The van der Waals surface area contributed by atoms with Crippen LogP contribution in [0.15, 0.2) is 18.2 Å². The van der Waals surface area contributed by atoms with Crippen LogP contribution in [0.1, 0.15) is 88.6 Å². The zero-order valence-electron chi connectivity index (χ0n) is 24.8. The summed E-state index contributed by atoms with van der Waals surface area (Å²) in [6.45, 7) is 4.13. The minimum Gasteiger partial charge on any atom is -0.507 e. The van der Waals surface area contributed by atoms with Crippen LogP contribution in [0.3, 0.4) is 0 Å². The molecule has 2 aromatic rings. The van der Waals surface area contributed by atoms with E-state index in [2.05, 4.69) is 5.32 Å². The van der Waals surface area contributed by atoms with E-state index in [-0.39, 0.29) is 46.9 Å². The first-order valence-electron chi connectivity index (χ1n) is 14.9. The van der Waals surface area contributed by atoms with Gasteiger partial charge in [-0.15, -0.1) is 0 Å². The largest absolute Gasteiger partial charge is 0.507 e. The number of ether oxygens (including phenoxy) is 4. The molecule has 0 bridgehead atoms. The second-order valence-electron chi connectivity index (χ2n) is 12.1. The lowest BCUT2D eigenvalue weighted by Gasteiger charge is -2.43. The number of fused-ring (bicyclic) bond motifs is 3. The third kappa shape index (κ3) is 4.99. The Bertz CT molecular complexity index is 1520. The summed E-state index contributed by atoms with van der Waals surface area (Å²) in [5.41, 5.74) is -2.95. The lowest BCUT2D eigenvalue weighted by atomic mass is 9.72. The number of aromatic hydroxyl groups is 2. The van der Waals surface area contributed by atoms with Gasteiger partial charge >= 0.3 is 0 Å². The second-order valence-corrected chi connectivity index (χ2v) is 12.1. The number of hydrogen-bond donors (Lipinski definition) is 5. The van der Waals surface area contributed by atoms with Gasteiger partial charge in [0.05, 0.1) is 42.1 Å². The summed E-state index contributed by atoms with van der Waals surface area (Å²) in [6, 6.07) is 4.20. The van der Waals surface area contributed by atoms with Crippen LogP contribution in [-0.4, -0.2) is 94.3 Å². The Morgan fingerprint density at radius 1 is 1.07 bits per heavy atom. The van der Waals surface area contributed by atoms with Gasteiger partial charge in [0.1, 0.15) is 22.8 Å². The third-order valence-electron chi connectivity index (χ3n) is 9.42. The smallest absolute Gasteiger partial charge is 0.202 e. The molecule has 0 saturated carbocycles. The summed E-state index contributed by atoms with van der Waals surface area (Å²) >= 11 is 0. The Kier molecular flexibility index (Phi) is 8.02. The molecule has 4 aliphatic rings. The van der Waals surface area contributed by atoms with Crippen molar-refractivity contribution in [3.05, 3.63) is 51.6 Å².